The van der Waals surface area contributed by atoms with E-state index < -0.39 is 0 Å². The molecule has 1 aromatic rings. The number of pyridine rings is 1. The fraction of sp³-hybridized carbons (Fsp3) is 0.750. The van der Waals surface area contributed by atoms with Gasteiger partial charge in [-0.25, -0.2) is 0 Å². The van der Waals surface area contributed by atoms with Crippen LogP contribution in [0.3, 0.4) is 0 Å². The van der Waals surface area contributed by atoms with E-state index in [2.05, 4.69) is 10.2 Å². The third-order valence-corrected chi connectivity index (χ3v) is 8.37. The van der Waals surface area contributed by atoms with E-state index in [-0.39, 0.29) is 23.4 Å². The molecule has 7 heteroatoms. The van der Waals surface area contributed by atoms with Crippen molar-refractivity contribution in [3.8, 4) is 0 Å². The third-order valence-electron chi connectivity index (χ3n) is 8.37. The van der Waals surface area contributed by atoms with E-state index in [4.69, 9.17) is 4.74 Å². The second-order valence-electron chi connectivity index (χ2n) is 10.8. The molecule has 7 nitrogen and oxygen atoms in total. The molecule has 1 saturated carbocycles. The van der Waals surface area contributed by atoms with Gasteiger partial charge in [-0.05, 0) is 94.8 Å². The lowest BCUT2D eigenvalue weighted by Crippen LogP contribution is -2.40. The Morgan fingerprint density at radius 1 is 0.943 bits per heavy atom. The van der Waals surface area contributed by atoms with Crippen molar-refractivity contribution in [2.75, 3.05) is 33.3 Å². The molecule has 4 rings (SSSR count). The summed E-state index contributed by atoms with van der Waals surface area (Å²) in [6, 6.07) is 1.89. The van der Waals surface area contributed by atoms with Gasteiger partial charge in [-0.2, -0.15) is 0 Å². The van der Waals surface area contributed by atoms with Gasteiger partial charge in [0, 0.05) is 25.3 Å². The van der Waals surface area contributed by atoms with Crippen LogP contribution in [0.4, 0.5) is 0 Å². The smallest absolute Gasteiger partial charge is 0.308 e. The Morgan fingerprint density at radius 3 is 2.34 bits per heavy atom. The summed E-state index contributed by atoms with van der Waals surface area (Å²) in [6.45, 7) is 4.31. The highest BCUT2D eigenvalue weighted by Crippen LogP contribution is 2.29. The summed E-state index contributed by atoms with van der Waals surface area (Å²) >= 11 is 0. The molecule has 1 N–H and O–H groups in total. The number of hydrogen-bond donors (Lipinski definition) is 1. The average Bonchev–Trinajstić information content (AvgIpc) is 2.88. The maximum Gasteiger partial charge on any atom is 0.308 e. The number of likely N-dealkylation sites (tertiary alicyclic amines) is 1. The van der Waals surface area contributed by atoms with Crippen LogP contribution in [0.2, 0.25) is 0 Å². The lowest BCUT2D eigenvalue weighted by atomic mass is 9.82. The van der Waals surface area contributed by atoms with Crippen LogP contribution in [0.15, 0.2) is 10.9 Å². The number of aromatic nitrogens is 1. The van der Waals surface area contributed by atoms with Gasteiger partial charge in [0.25, 0.3) is 11.5 Å². The van der Waals surface area contributed by atoms with Crippen molar-refractivity contribution in [2.45, 2.75) is 90.0 Å². The van der Waals surface area contributed by atoms with E-state index in [1.54, 1.807) is 0 Å². The van der Waals surface area contributed by atoms with Crippen molar-refractivity contribution in [1.29, 1.82) is 0 Å². The summed E-state index contributed by atoms with van der Waals surface area (Å²) in [4.78, 5) is 41.0. The van der Waals surface area contributed by atoms with Gasteiger partial charge in [-0.1, -0.05) is 19.3 Å². The Bertz CT molecular complexity index is 927. The van der Waals surface area contributed by atoms with E-state index in [0.29, 0.717) is 24.6 Å². The zero-order valence-electron chi connectivity index (χ0n) is 21.5. The largest absolute Gasteiger partial charge is 0.469 e. The summed E-state index contributed by atoms with van der Waals surface area (Å²) in [5.74, 6) is -0.0571. The maximum absolute atomic E-state index is 13.6. The van der Waals surface area contributed by atoms with Gasteiger partial charge in [-0.3, -0.25) is 14.4 Å². The molecule has 35 heavy (non-hydrogen) atoms. The monoisotopic (exact) mass is 485 g/mol. The fourth-order valence-electron chi connectivity index (χ4n) is 6.16. The Kier molecular flexibility index (Phi) is 9.41. The van der Waals surface area contributed by atoms with Crippen LogP contribution in [0, 0.1) is 11.8 Å². The molecule has 1 saturated heterocycles. The number of hydrogen-bond acceptors (Lipinski definition) is 5. The van der Waals surface area contributed by atoms with E-state index in [1.807, 2.05) is 10.6 Å². The standard InChI is InChI=1S/C28H43N3O4/c1-35-28(34)22-13-11-21(12-14-22)20-29-26(32)24-19-23-9-5-2-3-6-10-25(23)31(27(24)33)18-17-30-15-7-4-8-16-30/h19,21-22H,2-18,20H2,1H3,(H,29,32)/t21-,22-. The van der Waals surface area contributed by atoms with Crippen LogP contribution in [0.25, 0.3) is 0 Å². The topological polar surface area (TPSA) is 80.6 Å². The molecule has 0 bridgehead atoms. The highest BCUT2D eigenvalue weighted by molar-refractivity contribution is 5.94. The summed E-state index contributed by atoms with van der Waals surface area (Å²) in [5, 5.41) is 3.06. The van der Waals surface area contributed by atoms with Crippen molar-refractivity contribution in [2.24, 2.45) is 11.8 Å². The van der Waals surface area contributed by atoms with E-state index in [1.165, 1.54) is 44.8 Å². The Morgan fingerprint density at radius 2 is 1.63 bits per heavy atom. The number of nitrogens with one attached hydrogen (secondary N) is 1. The molecule has 2 heterocycles. The number of aryl methyl sites for hydroxylation is 1. The molecule has 0 atom stereocenters. The number of carbonyl (C=O) groups excluding carboxylic acids is 2. The Balaban J connectivity index is 1.46. The molecule has 3 aliphatic rings. The van der Waals surface area contributed by atoms with Crippen LogP contribution in [0.1, 0.15) is 92.2 Å². The molecular formula is C28H43N3O4. The number of carbonyl (C=O) groups is 2. The second kappa shape index (κ2) is 12.7. The minimum absolute atomic E-state index is 0.0206. The van der Waals surface area contributed by atoms with Crippen LogP contribution >= 0.6 is 0 Å². The van der Waals surface area contributed by atoms with Crippen molar-refractivity contribution in [3.05, 3.63) is 33.2 Å². The van der Waals surface area contributed by atoms with Crippen molar-refractivity contribution in [3.63, 3.8) is 0 Å². The first-order valence-electron chi connectivity index (χ1n) is 13.9. The van der Waals surface area contributed by atoms with E-state index in [9.17, 15) is 14.4 Å². The lowest BCUT2D eigenvalue weighted by Gasteiger charge is -2.28. The lowest BCUT2D eigenvalue weighted by molar-refractivity contribution is -0.146. The fourth-order valence-corrected chi connectivity index (χ4v) is 6.16. The normalized spacial score (nSPS) is 23.6. The highest BCUT2D eigenvalue weighted by atomic mass is 16.5. The van der Waals surface area contributed by atoms with Gasteiger partial charge in [0.1, 0.15) is 5.56 Å². The van der Waals surface area contributed by atoms with Gasteiger partial charge in [0.15, 0.2) is 0 Å². The van der Waals surface area contributed by atoms with Crippen LogP contribution < -0.4 is 10.9 Å². The molecular weight excluding hydrogens is 442 g/mol. The molecule has 0 radical (unpaired) electrons. The molecule has 0 spiro atoms. The minimum atomic E-state index is -0.248. The molecule has 1 amide bonds. The van der Waals surface area contributed by atoms with Crippen LogP contribution in [-0.2, 0) is 28.9 Å². The summed E-state index contributed by atoms with van der Waals surface area (Å²) in [5.41, 5.74) is 2.51. The van der Waals surface area contributed by atoms with Gasteiger partial charge >= 0.3 is 5.97 Å². The predicted octanol–water partition coefficient (Wildman–Crippen LogP) is 3.70. The number of amides is 1. The first-order chi connectivity index (χ1) is 17.1. The summed E-state index contributed by atoms with van der Waals surface area (Å²) in [7, 11) is 1.44. The van der Waals surface area contributed by atoms with Gasteiger partial charge in [0.2, 0.25) is 0 Å². The van der Waals surface area contributed by atoms with Gasteiger partial charge in [-0.15, -0.1) is 0 Å². The number of nitrogens with zero attached hydrogens (tertiary/aromatic N) is 2. The van der Waals surface area contributed by atoms with Gasteiger partial charge < -0.3 is 19.5 Å². The zero-order valence-corrected chi connectivity index (χ0v) is 21.5. The van der Waals surface area contributed by atoms with Crippen molar-refractivity contribution in [1.82, 2.24) is 14.8 Å². The summed E-state index contributed by atoms with van der Waals surface area (Å²) in [6.07, 6.45) is 13.7. The number of methoxy groups -OCH3 is 1. The van der Waals surface area contributed by atoms with E-state index in [0.717, 1.165) is 76.7 Å². The average molecular weight is 486 g/mol. The first kappa shape index (κ1) is 25.9. The zero-order chi connectivity index (χ0) is 24.6. The Labute approximate surface area is 209 Å². The molecule has 2 aliphatic carbocycles. The minimum Gasteiger partial charge on any atom is -0.469 e. The number of fused-ring (bicyclic) bond motifs is 1. The summed E-state index contributed by atoms with van der Waals surface area (Å²) < 4.78 is 6.81. The van der Waals surface area contributed by atoms with Crippen molar-refractivity contribution < 1.29 is 14.3 Å². The molecule has 194 valence electrons. The number of ether oxygens (including phenoxy) is 1. The maximum atomic E-state index is 13.6. The first-order valence-corrected chi connectivity index (χ1v) is 13.9. The molecule has 0 unspecified atom stereocenters. The molecule has 0 aromatic carbocycles. The molecule has 1 aromatic heterocycles. The molecule has 1 aliphatic heterocycles. The van der Waals surface area contributed by atoms with E-state index >= 15 is 0 Å². The number of esters is 1. The highest BCUT2D eigenvalue weighted by Gasteiger charge is 2.28. The SMILES string of the molecule is COC(=O)[C@H]1CC[C@H](CNC(=O)c2cc3c(n(CCN4CCCCC4)c2=O)CCCCCC3)CC1. The number of rotatable bonds is 7. The van der Waals surface area contributed by atoms with Crippen molar-refractivity contribution >= 4 is 11.9 Å². The Hall–Kier alpha value is -2.15. The van der Waals surface area contributed by atoms with Gasteiger partial charge in [0.05, 0.1) is 13.0 Å². The number of piperidine rings is 1. The van der Waals surface area contributed by atoms with Crippen LogP contribution in [0.5, 0.6) is 0 Å². The molecule has 2 fully saturated rings. The third kappa shape index (κ3) is 6.75. The quantitative estimate of drug-likeness (QED) is 0.596. The predicted molar refractivity (Wildman–Crippen MR) is 137 cm³/mol. The second-order valence-corrected chi connectivity index (χ2v) is 10.8. The van der Waals surface area contributed by atoms with Crippen LogP contribution in [-0.4, -0.2) is 54.6 Å².